The van der Waals surface area contributed by atoms with Crippen LogP contribution in [-0.4, -0.2) is 23.2 Å². The van der Waals surface area contributed by atoms with Crippen molar-refractivity contribution in [1.29, 1.82) is 0 Å². The standard InChI is InChI=1S/C17H16N4O2S/c1-23-13-6-3-2-5-12(13)11-18-15-8-9-16(21-20-15)19-17(22)14-7-4-10-24-14/h2-10H,11H2,1H3,(H,18,20)(H,19,21,22). The molecular formula is C17H16N4O2S. The van der Waals surface area contributed by atoms with E-state index >= 15 is 0 Å². The van der Waals surface area contributed by atoms with Crippen molar-refractivity contribution >= 4 is 28.9 Å². The number of aromatic nitrogens is 2. The number of anilines is 2. The number of carbonyl (C=O) groups is 1. The van der Waals surface area contributed by atoms with E-state index in [0.29, 0.717) is 23.1 Å². The lowest BCUT2D eigenvalue weighted by molar-refractivity contribution is 0.103. The highest BCUT2D eigenvalue weighted by Gasteiger charge is 2.08. The van der Waals surface area contributed by atoms with Crippen LogP contribution in [0.25, 0.3) is 0 Å². The Bertz CT molecular complexity index is 804. The fourth-order valence-electron chi connectivity index (χ4n) is 2.11. The molecule has 3 aromatic rings. The largest absolute Gasteiger partial charge is 0.496 e. The van der Waals surface area contributed by atoms with Crippen molar-refractivity contribution in [3.05, 3.63) is 64.4 Å². The monoisotopic (exact) mass is 340 g/mol. The molecule has 1 aromatic carbocycles. The Labute approximate surface area is 143 Å². The van der Waals surface area contributed by atoms with Crippen LogP contribution in [0.4, 0.5) is 11.6 Å². The predicted octanol–water partition coefficient (Wildman–Crippen LogP) is 3.41. The number of hydrogen-bond donors (Lipinski definition) is 2. The van der Waals surface area contributed by atoms with Crippen molar-refractivity contribution in [1.82, 2.24) is 10.2 Å². The quantitative estimate of drug-likeness (QED) is 0.719. The number of amides is 1. The van der Waals surface area contributed by atoms with Gasteiger partial charge in [-0.15, -0.1) is 21.5 Å². The van der Waals surface area contributed by atoms with Crippen molar-refractivity contribution in [2.24, 2.45) is 0 Å². The molecule has 0 spiro atoms. The summed E-state index contributed by atoms with van der Waals surface area (Å²) in [7, 11) is 1.64. The summed E-state index contributed by atoms with van der Waals surface area (Å²) in [4.78, 5) is 12.6. The molecule has 6 nitrogen and oxygen atoms in total. The van der Waals surface area contributed by atoms with Gasteiger partial charge in [0.1, 0.15) is 11.6 Å². The Hall–Kier alpha value is -2.93. The topological polar surface area (TPSA) is 76.1 Å². The number of ether oxygens (including phenoxy) is 1. The van der Waals surface area contributed by atoms with Gasteiger partial charge < -0.3 is 15.4 Å². The molecular weight excluding hydrogens is 324 g/mol. The van der Waals surface area contributed by atoms with Gasteiger partial charge in [0, 0.05) is 12.1 Å². The van der Waals surface area contributed by atoms with Crippen molar-refractivity contribution < 1.29 is 9.53 Å². The van der Waals surface area contributed by atoms with E-state index in [4.69, 9.17) is 4.74 Å². The van der Waals surface area contributed by atoms with Crippen LogP contribution in [0.15, 0.2) is 53.9 Å². The molecule has 122 valence electrons. The average Bonchev–Trinajstić information content (AvgIpc) is 3.16. The zero-order chi connectivity index (χ0) is 16.8. The van der Waals surface area contributed by atoms with Gasteiger partial charge in [-0.05, 0) is 29.6 Å². The minimum Gasteiger partial charge on any atom is -0.496 e. The highest BCUT2D eigenvalue weighted by molar-refractivity contribution is 7.12. The van der Waals surface area contributed by atoms with Gasteiger partial charge in [0.15, 0.2) is 5.82 Å². The van der Waals surface area contributed by atoms with Crippen LogP contribution >= 0.6 is 11.3 Å². The van der Waals surface area contributed by atoms with Crippen LogP contribution in [0.1, 0.15) is 15.2 Å². The second kappa shape index (κ2) is 7.56. The summed E-state index contributed by atoms with van der Waals surface area (Å²) in [5.41, 5.74) is 1.02. The van der Waals surface area contributed by atoms with Crippen LogP contribution in [0.2, 0.25) is 0 Å². The lowest BCUT2D eigenvalue weighted by Crippen LogP contribution is -2.12. The van der Waals surface area contributed by atoms with Crippen LogP contribution in [0.3, 0.4) is 0 Å². The molecule has 0 fully saturated rings. The summed E-state index contributed by atoms with van der Waals surface area (Å²) in [5, 5.41) is 15.8. The number of benzene rings is 1. The van der Waals surface area contributed by atoms with E-state index in [9.17, 15) is 4.79 Å². The molecule has 0 aliphatic heterocycles. The Morgan fingerprint density at radius 1 is 1.08 bits per heavy atom. The van der Waals surface area contributed by atoms with Gasteiger partial charge in [-0.25, -0.2) is 0 Å². The summed E-state index contributed by atoms with van der Waals surface area (Å²) >= 11 is 1.38. The molecule has 0 bridgehead atoms. The second-order valence-corrected chi connectivity index (χ2v) is 5.85. The molecule has 3 rings (SSSR count). The number of para-hydroxylation sites is 1. The van der Waals surface area contributed by atoms with E-state index < -0.39 is 0 Å². The molecule has 0 unspecified atom stereocenters. The summed E-state index contributed by atoms with van der Waals surface area (Å²) in [6.07, 6.45) is 0. The number of carbonyl (C=O) groups excluding carboxylic acids is 1. The average molecular weight is 340 g/mol. The summed E-state index contributed by atoms with van der Waals surface area (Å²) in [6.45, 7) is 0.569. The predicted molar refractivity (Wildman–Crippen MR) is 94.6 cm³/mol. The molecule has 0 saturated heterocycles. The molecule has 0 aliphatic carbocycles. The normalized spacial score (nSPS) is 10.2. The van der Waals surface area contributed by atoms with Gasteiger partial charge in [0.2, 0.25) is 0 Å². The van der Waals surface area contributed by atoms with Crippen molar-refractivity contribution in [3.63, 3.8) is 0 Å². The summed E-state index contributed by atoms with van der Waals surface area (Å²) in [5.74, 6) is 1.66. The van der Waals surface area contributed by atoms with Crippen molar-refractivity contribution in [3.8, 4) is 5.75 Å². The van der Waals surface area contributed by atoms with Crippen LogP contribution in [0.5, 0.6) is 5.75 Å². The maximum Gasteiger partial charge on any atom is 0.266 e. The van der Waals surface area contributed by atoms with Gasteiger partial charge in [-0.1, -0.05) is 24.3 Å². The van der Waals surface area contributed by atoms with Crippen molar-refractivity contribution in [2.75, 3.05) is 17.7 Å². The number of nitrogens with one attached hydrogen (secondary N) is 2. The van der Waals surface area contributed by atoms with Gasteiger partial charge in [0.25, 0.3) is 5.91 Å². The number of hydrogen-bond acceptors (Lipinski definition) is 6. The Balaban J connectivity index is 1.59. The second-order valence-electron chi connectivity index (χ2n) is 4.90. The lowest BCUT2D eigenvalue weighted by atomic mass is 10.2. The fourth-order valence-corrected chi connectivity index (χ4v) is 2.73. The first-order chi connectivity index (χ1) is 11.8. The van der Waals surface area contributed by atoms with Crippen LogP contribution < -0.4 is 15.4 Å². The maximum atomic E-state index is 11.9. The van der Waals surface area contributed by atoms with Crippen LogP contribution in [-0.2, 0) is 6.54 Å². The molecule has 2 N–H and O–H groups in total. The SMILES string of the molecule is COc1ccccc1CNc1ccc(NC(=O)c2cccs2)nn1. The molecule has 0 saturated carbocycles. The highest BCUT2D eigenvalue weighted by atomic mass is 32.1. The number of methoxy groups -OCH3 is 1. The smallest absolute Gasteiger partial charge is 0.266 e. The molecule has 2 aromatic heterocycles. The minimum atomic E-state index is -0.186. The van der Waals surface area contributed by atoms with E-state index in [-0.39, 0.29) is 5.91 Å². The Morgan fingerprint density at radius 3 is 2.58 bits per heavy atom. The van der Waals surface area contributed by atoms with Crippen LogP contribution in [0, 0.1) is 0 Å². The first-order valence-electron chi connectivity index (χ1n) is 7.30. The lowest BCUT2D eigenvalue weighted by Gasteiger charge is -2.09. The number of nitrogens with zero attached hydrogens (tertiary/aromatic N) is 2. The summed E-state index contributed by atoms with van der Waals surface area (Å²) < 4.78 is 5.31. The van der Waals surface area contributed by atoms with E-state index in [1.54, 1.807) is 25.3 Å². The first-order valence-corrected chi connectivity index (χ1v) is 8.18. The fraction of sp³-hybridized carbons (Fsp3) is 0.118. The Morgan fingerprint density at radius 2 is 1.88 bits per heavy atom. The molecule has 0 radical (unpaired) electrons. The van der Waals surface area contributed by atoms with Gasteiger partial charge in [-0.3, -0.25) is 4.79 Å². The molecule has 7 heteroatoms. The third-order valence-corrected chi connectivity index (χ3v) is 4.17. The Kier molecular flexibility index (Phi) is 5.02. The van der Waals surface area contributed by atoms with Gasteiger partial charge in [0.05, 0.1) is 12.0 Å². The van der Waals surface area contributed by atoms with E-state index in [1.165, 1.54) is 11.3 Å². The molecule has 0 aliphatic rings. The zero-order valence-electron chi connectivity index (χ0n) is 13.0. The van der Waals surface area contributed by atoms with Crippen molar-refractivity contribution in [2.45, 2.75) is 6.54 Å². The highest BCUT2D eigenvalue weighted by Crippen LogP contribution is 2.18. The van der Waals surface area contributed by atoms with Gasteiger partial charge in [-0.2, -0.15) is 0 Å². The third kappa shape index (κ3) is 3.88. The third-order valence-electron chi connectivity index (χ3n) is 3.30. The number of thiophene rings is 1. The first kappa shape index (κ1) is 15.9. The van der Waals surface area contributed by atoms with Gasteiger partial charge >= 0.3 is 0 Å². The van der Waals surface area contributed by atoms with E-state index in [2.05, 4.69) is 20.8 Å². The minimum absolute atomic E-state index is 0.186. The van der Waals surface area contributed by atoms with E-state index in [1.807, 2.05) is 35.7 Å². The number of rotatable bonds is 6. The van der Waals surface area contributed by atoms with E-state index in [0.717, 1.165) is 11.3 Å². The maximum absolute atomic E-state index is 11.9. The zero-order valence-corrected chi connectivity index (χ0v) is 13.8. The summed E-state index contributed by atoms with van der Waals surface area (Å²) in [6, 6.07) is 14.8. The molecule has 2 heterocycles. The molecule has 24 heavy (non-hydrogen) atoms. The molecule has 0 atom stereocenters. The molecule has 1 amide bonds.